The fraction of sp³-hybridized carbons (Fsp3) is 0.478. The Labute approximate surface area is 151 Å². The molecule has 25 heavy (non-hydrogen) atoms. The van der Waals surface area contributed by atoms with Gasteiger partial charge in [0.1, 0.15) is 5.75 Å². The van der Waals surface area contributed by atoms with Crippen LogP contribution in [0.1, 0.15) is 67.6 Å². The third-order valence-electron chi connectivity index (χ3n) is 5.76. The quantitative estimate of drug-likeness (QED) is 0.689. The van der Waals surface area contributed by atoms with Crippen molar-refractivity contribution in [2.45, 2.75) is 70.2 Å². The van der Waals surface area contributed by atoms with Gasteiger partial charge in [0, 0.05) is 12.3 Å². The van der Waals surface area contributed by atoms with E-state index in [4.69, 9.17) is 9.47 Å². The van der Waals surface area contributed by atoms with Gasteiger partial charge < -0.3 is 9.47 Å². The Hall–Kier alpha value is -1.80. The molecule has 4 atom stereocenters. The Morgan fingerprint density at radius 1 is 1.00 bits per heavy atom. The number of hydrogen-bond donors (Lipinski definition) is 0. The topological polar surface area (TPSA) is 18.5 Å². The molecule has 1 fully saturated rings. The fourth-order valence-electron chi connectivity index (χ4n) is 4.38. The molecule has 0 N–H and O–H groups in total. The molecule has 0 amide bonds. The number of benzene rings is 2. The summed E-state index contributed by atoms with van der Waals surface area (Å²) in [6, 6.07) is 17.4. The SMILES string of the molecule is Cc1ccc2c(c1)O[C@@H](OC1CCCC[C@@H]1c1ccccc1)C[C@H]2C. The van der Waals surface area contributed by atoms with E-state index in [1.165, 1.54) is 36.0 Å². The van der Waals surface area contributed by atoms with E-state index in [1.54, 1.807) is 0 Å². The van der Waals surface area contributed by atoms with Gasteiger partial charge >= 0.3 is 0 Å². The molecule has 0 radical (unpaired) electrons. The Morgan fingerprint density at radius 2 is 1.80 bits per heavy atom. The maximum atomic E-state index is 6.54. The molecule has 1 unspecified atom stereocenters. The molecule has 1 aliphatic heterocycles. The third kappa shape index (κ3) is 3.59. The van der Waals surface area contributed by atoms with Crippen LogP contribution in [0.4, 0.5) is 0 Å². The predicted octanol–water partition coefficient (Wildman–Crippen LogP) is 5.95. The average Bonchev–Trinajstić information content (AvgIpc) is 2.62. The zero-order valence-electron chi connectivity index (χ0n) is 15.3. The van der Waals surface area contributed by atoms with Crippen molar-refractivity contribution in [3.63, 3.8) is 0 Å². The first-order chi connectivity index (χ1) is 12.2. The standard InChI is InChI=1S/C23H28O2/c1-16-12-13-19-17(2)15-23(25-22(19)14-16)24-21-11-7-6-10-20(21)18-8-4-3-5-9-18/h3-5,8-9,12-14,17,20-21,23H,6-7,10-11,15H2,1-2H3/t17-,20-,21?,23-/m1/s1. The summed E-state index contributed by atoms with van der Waals surface area (Å²) in [5, 5.41) is 0. The lowest BCUT2D eigenvalue weighted by Crippen LogP contribution is -2.36. The van der Waals surface area contributed by atoms with Crippen LogP contribution in [-0.4, -0.2) is 12.4 Å². The first-order valence-corrected chi connectivity index (χ1v) is 9.68. The van der Waals surface area contributed by atoms with Gasteiger partial charge in [-0.1, -0.05) is 62.2 Å². The van der Waals surface area contributed by atoms with E-state index in [2.05, 4.69) is 62.4 Å². The van der Waals surface area contributed by atoms with Gasteiger partial charge in [0.05, 0.1) is 6.10 Å². The molecule has 0 spiro atoms. The van der Waals surface area contributed by atoms with Gasteiger partial charge in [0.2, 0.25) is 6.29 Å². The summed E-state index contributed by atoms with van der Waals surface area (Å²) in [4.78, 5) is 0. The van der Waals surface area contributed by atoms with Crippen molar-refractivity contribution in [2.75, 3.05) is 0 Å². The van der Waals surface area contributed by atoms with Crippen molar-refractivity contribution < 1.29 is 9.47 Å². The van der Waals surface area contributed by atoms with E-state index < -0.39 is 0 Å². The molecule has 132 valence electrons. The maximum Gasteiger partial charge on any atom is 0.200 e. The van der Waals surface area contributed by atoms with Gasteiger partial charge in [0.25, 0.3) is 0 Å². The lowest BCUT2D eigenvalue weighted by atomic mass is 9.81. The molecule has 1 heterocycles. The van der Waals surface area contributed by atoms with Crippen molar-refractivity contribution in [3.8, 4) is 5.75 Å². The highest BCUT2D eigenvalue weighted by Gasteiger charge is 2.33. The van der Waals surface area contributed by atoms with Crippen LogP contribution in [0.15, 0.2) is 48.5 Å². The second-order valence-electron chi connectivity index (χ2n) is 7.70. The Kier molecular flexibility index (Phi) is 4.80. The number of ether oxygens (including phenoxy) is 2. The van der Waals surface area contributed by atoms with Crippen LogP contribution < -0.4 is 4.74 Å². The molecule has 2 nitrogen and oxygen atoms in total. The lowest BCUT2D eigenvalue weighted by molar-refractivity contribution is -0.145. The molecule has 1 aliphatic carbocycles. The summed E-state index contributed by atoms with van der Waals surface area (Å²) >= 11 is 0. The van der Waals surface area contributed by atoms with Crippen LogP contribution in [0.5, 0.6) is 5.75 Å². The summed E-state index contributed by atoms with van der Waals surface area (Å²) in [5.41, 5.74) is 3.97. The minimum Gasteiger partial charge on any atom is -0.465 e. The fourth-order valence-corrected chi connectivity index (χ4v) is 4.38. The predicted molar refractivity (Wildman–Crippen MR) is 101 cm³/mol. The Morgan fingerprint density at radius 3 is 2.64 bits per heavy atom. The molecule has 2 heteroatoms. The van der Waals surface area contributed by atoms with Gasteiger partial charge in [-0.05, 0) is 48.4 Å². The van der Waals surface area contributed by atoms with Crippen molar-refractivity contribution >= 4 is 0 Å². The lowest BCUT2D eigenvalue weighted by Gasteiger charge is -2.37. The van der Waals surface area contributed by atoms with Crippen LogP contribution in [0.25, 0.3) is 0 Å². The molecule has 2 aromatic rings. The summed E-state index contributed by atoms with van der Waals surface area (Å²) in [5.74, 6) is 1.98. The van der Waals surface area contributed by atoms with Gasteiger partial charge in [-0.25, -0.2) is 0 Å². The van der Waals surface area contributed by atoms with E-state index in [-0.39, 0.29) is 12.4 Å². The molecule has 0 bridgehead atoms. The van der Waals surface area contributed by atoms with E-state index in [0.717, 1.165) is 18.6 Å². The normalized spacial score (nSPS) is 28.9. The van der Waals surface area contributed by atoms with E-state index >= 15 is 0 Å². The second kappa shape index (κ2) is 7.21. The highest BCUT2D eigenvalue weighted by Crippen LogP contribution is 2.40. The van der Waals surface area contributed by atoms with E-state index in [1.807, 2.05) is 0 Å². The van der Waals surface area contributed by atoms with Gasteiger partial charge in [0.15, 0.2) is 0 Å². The molecule has 2 aromatic carbocycles. The van der Waals surface area contributed by atoms with Crippen molar-refractivity contribution in [1.82, 2.24) is 0 Å². The second-order valence-corrected chi connectivity index (χ2v) is 7.70. The highest BCUT2D eigenvalue weighted by atomic mass is 16.7. The summed E-state index contributed by atoms with van der Waals surface area (Å²) < 4.78 is 12.8. The molecule has 1 saturated carbocycles. The molecule has 0 aromatic heterocycles. The zero-order chi connectivity index (χ0) is 17.2. The minimum atomic E-state index is -0.126. The summed E-state index contributed by atoms with van der Waals surface area (Å²) in [6.45, 7) is 4.40. The molecule has 2 aliphatic rings. The largest absolute Gasteiger partial charge is 0.465 e. The zero-order valence-corrected chi connectivity index (χ0v) is 15.3. The first kappa shape index (κ1) is 16.7. The van der Waals surface area contributed by atoms with Crippen LogP contribution in [-0.2, 0) is 4.74 Å². The molecule has 0 saturated heterocycles. The van der Waals surface area contributed by atoms with Gasteiger partial charge in [-0.2, -0.15) is 0 Å². The molecular weight excluding hydrogens is 308 g/mol. The third-order valence-corrected chi connectivity index (χ3v) is 5.76. The van der Waals surface area contributed by atoms with Gasteiger partial charge in [-0.15, -0.1) is 0 Å². The minimum absolute atomic E-state index is 0.126. The van der Waals surface area contributed by atoms with Crippen LogP contribution in [0.3, 0.4) is 0 Å². The first-order valence-electron chi connectivity index (χ1n) is 9.68. The van der Waals surface area contributed by atoms with Crippen LogP contribution in [0, 0.1) is 6.92 Å². The number of hydrogen-bond acceptors (Lipinski definition) is 2. The average molecular weight is 336 g/mol. The van der Waals surface area contributed by atoms with Gasteiger partial charge in [-0.3, -0.25) is 0 Å². The number of rotatable bonds is 3. The van der Waals surface area contributed by atoms with E-state index in [0.29, 0.717) is 11.8 Å². The smallest absolute Gasteiger partial charge is 0.200 e. The van der Waals surface area contributed by atoms with Crippen molar-refractivity contribution in [3.05, 3.63) is 65.2 Å². The monoisotopic (exact) mass is 336 g/mol. The van der Waals surface area contributed by atoms with Crippen molar-refractivity contribution in [1.29, 1.82) is 0 Å². The highest BCUT2D eigenvalue weighted by molar-refractivity contribution is 5.40. The molecular formula is C23H28O2. The van der Waals surface area contributed by atoms with Crippen LogP contribution in [0.2, 0.25) is 0 Å². The number of aryl methyl sites for hydroxylation is 1. The number of fused-ring (bicyclic) bond motifs is 1. The summed E-state index contributed by atoms with van der Waals surface area (Å²) in [7, 11) is 0. The Bertz CT molecular complexity index is 709. The van der Waals surface area contributed by atoms with Crippen LogP contribution >= 0.6 is 0 Å². The van der Waals surface area contributed by atoms with Crippen molar-refractivity contribution in [2.24, 2.45) is 0 Å². The molecule has 4 rings (SSSR count). The Balaban J connectivity index is 1.51. The summed E-state index contributed by atoms with van der Waals surface area (Å²) in [6.07, 6.45) is 5.98. The maximum absolute atomic E-state index is 6.54. The van der Waals surface area contributed by atoms with E-state index in [9.17, 15) is 0 Å².